The van der Waals surface area contributed by atoms with Crippen LogP contribution in [0, 0.1) is 5.92 Å². The molecule has 23 heavy (non-hydrogen) atoms. The minimum Gasteiger partial charge on any atom is -0.354 e. The molecular formula is C16H28ClN5O. The molecule has 1 aromatic heterocycles. The van der Waals surface area contributed by atoms with Gasteiger partial charge in [-0.25, -0.2) is 9.97 Å². The lowest BCUT2D eigenvalue weighted by Crippen LogP contribution is -2.58. The summed E-state index contributed by atoms with van der Waals surface area (Å²) in [6, 6.07) is 0. The van der Waals surface area contributed by atoms with Crippen molar-refractivity contribution in [3.63, 3.8) is 0 Å². The number of halogens is 1. The van der Waals surface area contributed by atoms with Crippen LogP contribution >= 0.6 is 11.6 Å². The highest BCUT2D eigenvalue weighted by atomic mass is 35.5. The van der Waals surface area contributed by atoms with E-state index in [1.165, 1.54) is 12.7 Å². The zero-order valence-corrected chi connectivity index (χ0v) is 15.3. The van der Waals surface area contributed by atoms with Crippen LogP contribution in [0.3, 0.4) is 0 Å². The molecule has 0 atom stereocenters. The van der Waals surface area contributed by atoms with Crippen molar-refractivity contribution in [3.05, 3.63) is 11.6 Å². The van der Waals surface area contributed by atoms with Crippen LogP contribution in [0.25, 0.3) is 0 Å². The van der Waals surface area contributed by atoms with Crippen LogP contribution in [0.15, 0.2) is 6.33 Å². The maximum atomic E-state index is 10.3. The van der Waals surface area contributed by atoms with Crippen molar-refractivity contribution >= 4 is 17.5 Å². The van der Waals surface area contributed by atoms with E-state index < -0.39 is 0 Å². The lowest BCUT2D eigenvalue weighted by molar-refractivity contribution is -0.251. The van der Waals surface area contributed by atoms with Crippen molar-refractivity contribution in [1.82, 2.24) is 20.0 Å². The standard InChI is InChI=1S/C16H28ClN5O/c1-15(2)9-12(10-16(3,4)22(15)23)7-5-6-8-18-14-20-11-19-13(17)21-14/h11-12,23H,5-10H2,1-4H3,(H,18,19,20,21). The molecule has 0 radical (unpaired) electrons. The van der Waals surface area contributed by atoms with Gasteiger partial charge in [0.1, 0.15) is 6.33 Å². The number of nitrogens with zero attached hydrogens (tertiary/aromatic N) is 4. The number of rotatable bonds is 6. The molecule has 0 bridgehead atoms. The molecule has 0 aliphatic carbocycles. The number of nitrogens with one attached hydrogen (secondary N) is 1. The van der Waals surface area contributed by atoms with Gasteiger partial charge in [0.15, 0.2) is 0 Å². The van der Waals surface area contributed by atoms with Crippen molar-refractivity contribution < 1.29 is 5.21 Å². The molecule has 0 spiro atoms. The number of hydroxylamine groups is 2. The summed E-state index contributed by atoms with van der Waals surface area (Å²) in [4.78, 5) is 11.8. The Balaban J connectivity index is 1.72. The van der Waals surface area contributed by atoms with E-state index in [-0.39, 0.29) is 16.4 Å². The highest BCUT2D eigenvalue weighted by Gasteiger charge is 2.44. The van der Waals surface area contributed by atoms with Gasteiger partial charge >= 0.3 is 0 Å². The molecule has 1 aliphatic rings. The highest BCUT2D eigenvalue weighted by Crippen LogP contribution is 2.41. The van der Waals surface area contributed by atoms with Gasteiger partial charge in [0.25, 0.3) is 0 Å². The Morgan fingerprint density at radius 3 is 2.48 bits per heavy atom. The third-order valence-corrected chi connectivity index (χ3v) is 4.77. The van der Waals surface area contributed by atoms with Crippen LogP contribution in [-0.2, 0) is 0 Å². The second kappa shape index (κ2) is 7.28. The van der Waals surface area contributed by atoms with E-state index in [0.717, 1.165) is 32.2 Å². The molecule has 0 saturated carbocycles. The van der Waals surface area contributed by atoms with Gasteiger partial charge in [0, 0.05) is 17.6 Å². The fourth-order valence-corrected chi connectivity index (χ4v) is 3.92. The molecule has 130 valence electrons. The van der Waals surface area contributed by atoms with E-state index in [0.29, 0.717) is 11.9 Å². The maximum Gasteiger partial charge on any atom is 0.227 e. The predicted molar refractivity (Wildman–Crippen MR) is 91.7 cm³/mol. The minimum absolute atomic E-state index is 0.160. The van der Waals surface area contributed by atoms with E-state index in [4.69, 9.17) is 11.6 Å². The van der Waals surface area contributed by atoms with Crippen molar-refractivity contribution in [2.45, 2.75) is 70.9 Å². The van der Waals surface area contributed by atoms with E-state index in [1.807, 2.05) is 0 Å². The molecule has 0 amide bonds. The molecule has 2 N–H and O–H groups in total. The molecule has 1 saturated heterocycles. The zero-order valence-electron chi connectivity index (χ0n) is 14.5. The number of unbranched alkanes of at least 4 members (excludes halogenated alkanes) is 1. The summed E-state index contributed by atoms with van der Waals surface area (Å²) >= 11 is 5.73. The Hall–Kier alpha value is -0.980. The van der Waals surface area contributed by atoms with Crippen LogP contribution in [0.2, 0.25) is 5.28 Å². The van der Waals surface area contributed by atoms with Gasteiger partial charge in [-0.2, -0.15) is 10.0 Å². The average Bonchev–Trinajstić information content (AvgIpc) is 2.44. The first-order chi connectivity index (χ1) is 10.7. The minimum atomic E-state index is -0.160. The summed E-state index contributed by atoms with van der Waals surface area (Å²) in [5.74, 6) is 1.18. The van der Waals surface area contributed by atoms with E-state index >= 15 is 0 Å². The van der Waals surface area contributed by atoms with Crippen molar-refractivity contribution in [1.29, 1.82) is 0 Å². The highest BCUT2D eigenvalue weighted by molar-refractivity contribution is 6.28. The van der Waals surface area contributed by atoms with Crippen LogP contribution in [0.5, 0.6) is 0 Å². The molecule has 7 heteroatoms. The molecule has 1 fully saturated rings. The number of aromatic nitrogens is 3. The molecule has 6 nitrogen and oxygen atoms in total. The lowest BCUT2D eigenvalue weighted by Gasteiger charge is -2.51. The SMILES string of the molecule is CC1(C)CC(CCCCNc2ncnc(Cl)n2)CC(C)(C)N1O. The second-order valence-corrected chi connectivity index (χ2v) is 8.05. The zero-order chi connectivity index (χ0) is 17.1. The summed E-state index contributed by atoms with van der Waals surface area (Å²) < 4.78 is 0. The third kappa shape index (κ3) is 4.99. The van der Waals surface area contributed by atoms with Gasteiger partial charge in [-0.05, 0) is 64.5 Å². The summed E-state index contributed by atoms with van der Waals surface area (Å²) in [5, 5.41) is 15.3. The first-order valence-corrected chi connectivity index (χ1v) is 8.66. The first kappa shape index (κ1) is 18.4. The Morgan fingerprint density at radius 1 is 1.22 bits per heavy atom. The van der Waals surface area contributed by atoms with Gasteiger partial charge in [-0.1, -0.05) is 12.8 Å². The number of anilines is 1. The average molecular weight is 342 g/mol. The van der Waals surface area contributed by atoms with Crippen molar-refractivity contribution in [3.8, 4) is 0 Å². The molecule has 0 aromatic carbocycles. The molecule has 2 rings (SSSR count). The fraction of sp³-hybridized carbons (Fsp3) is 0.812. The molecular weight excluding hydrogens is 314 g/mol. The van der Waals surface area contributed by atoms with Crippen molar-refractivity contribution in [2.24, 2.45) is 5.92 Å². The van der Waals surface area contributed by atoms with E-state index in [9.17, 15) is 5.21 Å². The maximum absolute atomic E-state index is 10.3. The van der Waals surface area contributed by atoms with E-state index in [2.05, 4.69) is 48.0 Å². The molecule has 1 aromatic rings. The van der Waals surface area contributed by atoms with E-state index in [1.54, 1.807) is 5.06 Å². The topological polar surface area (TPSA) is 74.2 Å². The summed E-state index contributed by atoms with van der Waals surface area (Å²) in [6.45, 7) is 9.30. The Labute approximate surface area is 143 Å². The van der Waals surface area contributed by atoms with Crippen LogP contribution < -0.4 is 5.32 Å². The monoisotopic (exact) mass is 341 g/mol. The Kier molecular flexibility index (Phi) is 5.81. The first-order valence-electron chi connectivity index (χ1n) is 8.28. The normalized spacial score (nSPS) is 21.3. The largest absolute Gasteiger partial charge is 0.354 e. The summed E-state index contributed by atoms with van der Waals surface area (Å²) in [6.07, 6.45) is 6.86. The van der Waals surface area contributed by atoms with Gasteiger partial charge in [-0.15, -0.1) is 0 Å². The molecule has 2 heterocycles. The molecule has 0 unspecified atom stereocenters. The fourth-order valence-electron chi connectivity index (χ4n) is 3.80. The second-order valence-electron chi connectivity index (χ2n) is 7.71. The number of hydrogen-bond acceptors (Lipinski definition) is 6. The van der Waals surface area contributed by atoms with Crippen LogP contribution in [0.4, 0.5) is 5.95 Å². The third-order valence-electron chi connectivity index (χ3n) is 4.59. The molecule has 1 aliphatic heterocycles. The quantitative estimate of drug-likeness (QED) is 0.767. The van der Waals surface area contributed by atoms with Gasteiger partial charge < -0.3 is 10.5 Å². The lowest BCUT2D eigenvalue weighted by atomic mass is 9.73. The Morgan fingerprint density at radius 2 is 1.87 bits per heavy atom. The Bertz CT molecular complexity index is 505. The van der Waals surface area contributed by atoms with Crippen LogP contribution in [0.1, 0.15) is 59.8 Å². The number of hydrogen-bond donors (Lipinski definition) is 2. The van der Waals surface area contributed by atoms with Crippen LogP contribution in [-0.4, -0.2) is 42.8 Å². The smallest absolute Gasteiger partial charge is 0.227 e. The van der Waals surface area contributed by atoms with Gasteiger partial charge in [0.05, 0.1) is 0 Å². The van der Waals surface area contributed by atoms with Gasteiger partial charge in [-0.3, -0.25) is 0 Å². The van der Waals surface area contributed by atoms with Gasteiger partial charge in [0.2, 0.25) is 11.2 Å². The summed E-state index contributed by atoms with van der Waals surface area (Å²) in [5.41, 5.74) is -0.321. The predicted octanol–water partition coefficient (Wildman–Crippen LogP) is 3.77. The number of piperidine rings is 1. The summed E-state index contributed by atoms with van der Waals surface area (Å²) in [7, 11) is 0. The van der Waals surface area contributed by atoms with Crippen molar-refractivity contribution in [2.75, 3.05) is 11.9 Å².